The van der Waals surface area contributed by atoms with Crippen LogP contribution in [0, 0.1) is 17.8 Å². The van der Waals surface area contributed by atoms with E-state index in [1.54, 1.807) is 0 Å². The van der Waals surface area contributed by atoms with E-state index in [2.05, 4.69) is 19.2 Å². The fourth-order valence-corrected chi connectivity index (χ4v) is 3.65. The maximum Gasteiger partial charge on any atom is 0.225 e. The largest absolute Gasteiger partial charge is 0.353 e. The molecule has 17 heavy (non-hydrogen) atoms. The van der Waals surface area contributed by atoms with E-state index in [-0.39, 0.29) is 17.9 Å². The van der Waals surface area contributed by atoms with E-state index in [1.807, 2.05) is 0 Å². The van der Waals surface area contributed by atoms with Gasteiger partial charge in [-0.2, -0.15) is 0 Å². The van der Waals surface area contributed by atoms with Gasteiger partial charge in [-0.1, -0.05) is 19.8 Å². The second-order valence-electron chi connectivity index (χ2n) is 5.99. The summed E-state index contributed by atoms with van der Waals surface area (Å²) in [6.45, 7) is 4.28. The predicted octanol–water partition coefficient (Wildman–Crippen LogP) is 2.05. The molecule has 3 heteroatoms. The second kappa shape index (κ2) is 5.38. The summed E-state index contributed by atoms with van der Waals surface area (Å²) in [7, 11) is 0. The number of fused-ring (bicyclic) bond motifs is 2. The lowest BCUT2D eigenvalue weighted by molar-refractivity contribution is -0.127. The first-order chi connectivity index (χ1) is 8.13. The summed E-state index contributed by atoms with van der Waals surface area (Å²) in [5.41, 5.74) is 6.18. The van der Waals surface area contributed by atoms with Gasteiger partial charge in [0.1, 0.15) is 0 Å². The number of rotatable bonds is 5. The number of hydrogen-bond acceptors (Lipinski definition) is 2. The average molecular weight is 238 g/mol. The van der Waals surface area contributed by atoms with Gasteiger partial charge in [-0.25, -0.2) is 0 Å². The van der Waals surface area contributed by atoms with Crippen LogP contribution in [0.4, 0.5) is 0 Å². The van der Waals surface area contributed by atoms with Crippen LogP contribution >= 0.6 is 0 Å². The Hall–Kier alpha value is -0.570. The molecule has 0 spiro atoms. The summed E-state index contributed by atoms with van der Waals surface area (Å²) < 4.78 is 0. The Bertz CT molecular complexity index is 277. The Kier molecular flexibility index (Phi) is 4.08. The Morgan fingerprint density at radius 2 is 2.12 bits per heavy atom. The van der Waals surface area contributed by atoms with E-state index in [0.29, 0.717) is 17.9 Å². The smallest absolute Gasteiger partial charge is 0.225 e. The molecule has 1 amide bonds. The molecule has 0 aromatic rings. The molecular formula is C14H26N2O. The highest BCUT2D eigenvalue weighted by Crippen LogP contribution is 2.47. The first-order valence-electron chi connectivity index (χ1n) is 7.19. The number of carbonyl (C=O) groups is 1. The molecule has 0 heterocycles. The van der Waals surface area contributed by atoms with Gasteiger partial charge < -0.3 is 11.1 Å². The molecule has 98 valence electrons. The molecule has 2 bridgehead atoms. The highest BCUT2D eigenvalue weighted by Gasteiger charge is 2.49. The standard InChI is InChI=1S/C14H26N2O/c1-3-4-5-9(2)16-14(17)12-10-6-7-11(8-10)13(12)15/h9-13H,3-8,15H2,1-2H3,(H,16,17). The molecule has 3 N–H and O–H groups in total. The molecule has 2 aliphatic rings. The van der Waals surface area contributed by atoms with Crippen LogP contribution < -0.4 is 11.1 Å². The minimum Gasteiger partial charge on any atom is -0.353 e. The summed E-state index contributed by atoms with van der Waals surface area (Å²) in [6.07, 6.45) is 7.08. The van der Waals surface area contributed by atoms with Crippen LogP contribution in [0.25, 0.3) is 0 Å². The monoisotopic (exact) mass is 238 g/mol. The molecule has 0 radical (unpaired) electrons. The Labute approximate surface area is 105 Å². The molecule has 2 saturated carbocycles. The fraction of sp³-hybridized carbons (Fsp3) is 0.929. The molecule has 2 rings (SSSR count). The van der Waals surface area contributed by atoms with Crippen molar-refractivity contribution in [2.45, 2.75) is 64.5 Å². The molecule has 0 aromatic carbocycles. The number of hydrogen-bond donors (Lipinski definition) is 2. The Morgan fingerprint density at radius 3 is 2.71 bits per heavy atom. The van der Waals surface area contributed by atoms with Gasteiger partial charge in [0.2, 0.25) is 5.91 Å². The van der Waals surface area contributed by atoms with Crippen LogP contribution in [0.2, 0.25) is 0 Å². The zero-order valence-electron chi connectivity index (χ0n) is 11.1. The van der Waals surface area contributed by atoms with Gasteiger partial charge in [0.05, 0.1) is 5.92 Å². The first kappa shape index (κ1) is 12.9. The third-order valence-electron chi connectivity index (χ3n) is 4.66. The van der Waals surface area contributed by atoms with Crippen LogP contribution in [0.15, 0.2) is 0 Å². The van der Waals surface area contributed by atoms with Crippen LogP contribution in [0.1, 0.15) is 52.4 Å². The molecule has 5 unspecified atom stereocenters. The molecule has 0 aromatic heterocycles. The average Bonchev–Trinajstić information content (AvgIpc) is 2.86. The molecule has 2 fully saturated rings. The van der Waals surface area contributed by atoms with Gasteiger partial charge >= 0.3 is 0 Å². The molecule has 3 nitrogen and oxygen atoms in total. The van der Waals surface area contributed by atoms with Crippen LogP contribution in [0.5, 0.6) is 0 Å². The fourth-order valence-electron chi connectivity index (χ4n) is 3.65. The SMILES string of the molecule is CCCCC(C)NC(=O)C1C2CCC(C2)C1N. The molecular weight excluding hydrogens is 212 g/mol. The molecule has 2 aliphatic carbocycles. The van der Waals surface area contributed by atoms with Crippen LogP contribution in [0.3, 0.4) is 0 Å². The third kappa shape index (κ3) is 2.65. The predicted molar refractivity (Wildman–Crippen MR) is 69.4 cm³/mol. The third-order valence-corrected chi connectivity index (χ3v) is 4.66. The van der Waals surface area contributed by atoms with E-state index in [0.717, 1.165) is 6.42 Å². The quantitative estimate of drug-likeness (QED) is 0.770. The lowest BCUT2D eigenvalue weighted by Gasteiger charge is -2.28. The maximum absolute atomic E-state index is 12.2. The summed E-state index contributed by atoms with van der Waals surface area (Å²) in [5, 5.41) is 3.15. The summed E-state index contributed by atoms with van der Waals surface area (Å²) in [5.74, 6) is 1.49. The minimum absolute atomic E-state index is 0.0952. The summed E-state index contributed by atoms with van der Waals surface area (Å²) in [4.78, 5) is 12.2. The van der Waals surface area contributed by atoms with Crippen molar-refractivity contribution < 1.29 is 4.79 Å². The topological polar surface area (TPSA) is 55.1 Å². The van der Waals surface area contributed by atoms with Crippen molar-refractivity contribution in [3.63, 3.8) is 0 Å². The zero-order valence-corrected chi connectivity index (χ0v) is 11.1. The van der Waals surface area contributed by atoms with E-state index >= 15 is 0 Å². The van der Waals surface area contributed by atoms with Crippen molar-refractivity contribution in [1.29, 1.82) is 0 Å². The van der Waals surface area contributed by atoms with Gasteiger partial charge in [0, 0.05) is 12.1 Å². The van der Waals surface area contributed by atoms with Crippen molar-refractivity contribution in [1.82, 2.24) is 5.32 Å². The lowest BCUT2D eigenvalue weighted by Crippen LogP contribution is -2.47. The van der Waals surface area contributed by atoms with Gasteiger partial charge in [0.15, 0.2) is 0 Å². The van der Waals surface area contributed by atoms with Gasteiger partial charge in [0.25, 0.3) is 0 Å². The second-order valence-corrected chi connectivity index (χ2v) is 5.99. The van der Waals surface area contributed by atoms with E-state index in [9.17, 15) is 4.79 Å². The van der Waals surface area contributed by atoms with E-state index in [4.69, 9.17) is 5.73 Å². The van der Waals surface area contributed by atoms with E-state index < -0.39 is 0 Å². The zero-order chi connectivity index (χ0) is 12.4. The molecule has 5 atom stereocenters. The number of unbranched alkanes of at least 4 members (excludes halogenated alkanes) is 1. The van der Waals surface area contributed by atoms with Crippen molar-refractivity contribution in [2.24, 2.45) is 23.5 Å². The van der Waals surface area contributed by atoms with Gasteiger partial charge in [-0.3, -0.25) is 4.79 Å². The van der Waals surface area contributed by atoms with Crippen molar-refractivity contribution in [3.8, 4) is 0 Å². The Morgan fingerprint density at radius 1 is 1.41 bits per heavy atom. The number of nitrogens with two attached hydrogens (primary N) is 1. The highest BCUT2D eigenvalue weighted by atomic mass is 16.2. The lowest BCUT2D eigenvalue weighted by atomic mass is 9.84. The van der Waals surface area contributed by atoms with Gasteiger partial charge in [-0.15, -0.1) is 0 Å². The first-order valence-corrected chi connectivity index (χ1v) is 7.19. The van der Waals surface area contributed by atoms with Crippen LogP contribution in [-0.4, -0.2) is 18.0 Å². The number of carbonyl (C=O) groups excluding carboxylic acids is 1. The summed E-state index contributed by atoms with van der Waals surface area (Å²) in [6, 6.07) is 0.418. The molecule has 0 aliphatic heterocycles. The minimum atomic E-state index is 0.0952. The number of amides is 1. The van der Waals surface area contributed by atoms with Crippen LogP contribution in [-0.2, 0) is 4.79 Å². The normalized spacial score (nSPS) is 37.1. The van der Waals surface area contributed by atoms with Gasteiger partial charge in [-0.05, 0) is 44.4 Å². The summed E-state index contributed by atoms with van der Waals surface area (Å²) >= 11 is 0. The van der Waals surface area contributed by atoms with Crippen molar-refractivity contribution in [3.05, 3.63) is 0 Å². The number of nitrogens with one attached hydrogen (secondary N) is 1. The van der Waals surface area contributed by atoms with E-state index in [1.165, 1.54) is 32.1 Å². The Balaban J connectivity index is 1.84. The van der Waals surface area contributed by atoms with Crippen molar-refractivity contribution in [2.75, 3.05) is 0 Å². The maximum atomic E-state index is 12.2. The molecule has 0 saturated heterocycles. The highest BCUT2D eigenvalue weighted by molar-refractivity contribution is 5.80. The van der Waals surface area contributed by atoms with Crippen molar-refractivity contribution >= 4 is 5.91 Å².